The largest absolute Gasteiger partial charge is 0.472 e. The molecule has 0 aromatic heterocycles. The fourth-order valence-electron chi connectivity index (χ4n) is 8.94. The molecule has 7 atom stereocenters. The first-order chi connectivity index (χ1) is 38.4. The number of phosphoric acid groups is 2. The Labute approximate surface area is 486 Å². The molecule has 0 aliphatic heterocycles. The molecule has 3 N–H and O–H groups in total. The van der Waals surface area contributed by atoms with E-state index in [4.69, 9.17) is 37.0 Å². The van der Waals surface area contributed by atoms with Crippen molar-refractivity contribution in [2.45, 2.75) is 317 Å². The standard InChI is InChI=1S/C61H118O17P2/c1-7-11-13-15-17-18-19-20-25-32-38-44-59(64)72-50-56(77-60(65)45-39-33-26-22-21-24-29-35-41-53(5)9-3)51-75-79(67,68)73-47-55(62)48-74-80(69,70)76-52-57(49-71-58(63)43-37-31-23-16-14-12-8-2)78-61(66)46-40-34-28-27-30-36-42-54(6)10-4/h53-57,62H,7-52H2,1-6H3,(H,67,68)(H,69,70)/t53?,54?,55-,56-,57-/m1/s1. The zero-order valence-electron chi connectivity index (χ0n) is 51.4. The van der Waals surface area contributed by atoms with Crippen LogP contribution in [0.1, 0.15) is 298 Å². The first kappa shape index (κ1) is 78.1. The van der Waals surface area contributed by atoms with Crippen molar-refractivity contribution in [1.82, 2.24) is 0 Å². The Kier molecular flexibility index (Phi) is 52.5. The minimum absolute atomic E-state index is 0.102. The Morgan fingerprint density at radius 3 is 0.887 bits per heavy atom. The van der Waals surface area contributed by atoms with E-state index in [1.54, 1.807) is 0 Å². The molecule has 0 saturated heterocycles. The third-order valence-electron chi connectivity index (χ3n) is 14.7. The van der Waals surface area contributed by atoms with Gasteiger partial charge in [-0.1, -0.05) is 247 Å². The van der Waals surface area contributed by atoms with Gasteiger partial charge in [0, 0.05) is 25.7 Å². The molecule has 0 amide bonds. The highest BCUT2D eigenvalue weighted by molar-refractivity contribution is 7.47. The lowest BCUT2D eigenvalue weighted by atomic mass is 9.99. The summed E-state index contributed by atoms with van der Waals surface area (Å²) in [6.07, 6.45) is 34.9. The molecular formula is C61H118O17P2. The minimum Gasteiger partial charge on any atom is -0.462 e. The fraction of sp³-hybridized carbons (Fsp3) is 0.934. The van der Waals surface area contributed by atoms with E-state index in [9.17, 15) is 43.2 Å². The number of unbranched alkanes of at least 4 members (excludes halogenated alkanes) is 28. The number of rotatable bonds is 60. The van der Waals surface area contributed by atoms with Crippen molar-refractivity contribution >= 4 is 39.5 Å². The first-order valence-electron chi connectivity index (χ1n) is 32.1. The Balaban J connectivity index is 5.24. The number of hydrogen-bond acceptors (Lipinski definition) is 15. The number of carbonyl (C=O) groups is 4. The summed E-state index contributed by atoms with van der Waals surface area (Å²) >= 11 is 0. The van der Waals surface area contributed by atoms with E-state index in [0.717, 1.165) is 115 Å². The molecular weight excluding hydrogens is 1070 g/mol. The van der Waals surface area contributed by atoms with Crippen molar-refractivity contribution in [2.24, 2.45) is 11.8 Å². The van der Waals surface area contributed by atoms with Crippen molar-refractivity contribution in [3.05, 3.63) is 0 Å². The van der Waals surface area contributed by atoms with Crippen LogP contribution >= 0.6 is 15.6 Å². The van der Waals surface area contributed by atoms with E-state index in [1.807, 2.05) is 0 Å². The second-order valence-corrected chi connectivity index (χ2v) is 25.5. The van der Waals surface area contributed by atoms with E-state index >= 15 is 0 Å². The zero-order chi connectivity index (χ0) is 59.4. The van der Waals surface area contributed by atoms with Gasteiger partial charge in [0.1, 0.15) is 19.3 Å². The summed E-state index contributed by atoms with van der Waals surface area (Å²) in [5, 5.41) is 10.5. The van der Waals surface area contributed by atoms with Crippen molar-refractivity contribution in [1.29, 1.82) is 0 Å². The first-order valence-corrected chi connectivity index (χ1v) is 35.1. The van der Waals surface area contributed by atoms with Crippen molar-refractivity contribution < 1.29 is 80.2 Å². The lowest BCUT2D eigenvalue weighted by Crippen LogP contribution is -2.30. The quantitative estimate of drug-likeness (QED) is 0.0222. The van der Waals surface area contributed by atoms with Gasteiger partial charge in [-0.15, -0.1) is 0 Å². The number of ether oxygens (including phenoxy) is 4. The molecule has 0 radical (unpaired) electrons. The van der Waals surface area contributed by atoms with Gasteiger partial charge in [0.05, 0.1) is 26.4 Å². The van der Waals surface area contributed by atoms with E-state index in [-0.39, 0.29) is 25.7 Å². The predicted octanol–water partition coefficient (Wildman–Crippen LogP) is 16.5. The number of aliphatic hydroxyl groups is 1. The Hall–Kier alpha value is -1.94. The van der Waals surface area contributed by atoms with Crippen LogP contribution in [0.3, 0.4) is 0 Å². The van der Waals surface area contributed by atoms with Gasteiger partial charge in [-0.05, 0) is 37.5 Å². The SMILES string of the molecule is CCCCCCCCCCCCCC(=O)OC[C@H](COP(=O)(O)OC[C@@H](O)COP(=O)(O)OC[C@@H](COC(=O)CCCCCCCCC)OC(=O)CCCCCCCCC(C)CC)OC(=O)CCCCCCCCCCC(C)CC. The average molecular weight is 1190 g/mol. The third kappa shape index (κ3) is 52.8. The Bertz CT molecular complexity index is 1590. The minimum atomic E-state index is -4.94. The van der Waals surface area contributed by atoms with Gasteiger partial charge in [-0.25, -0.2) is 9.13 Å². The highest BCUT2D eigenvalue weighted by atomic mass is 31.2. The Morgan fingerprint density at radius 2 is 0.600 bits per heavy atom. The molecule has 4 unspecified atom stereocenters. The normalized spacial score (nSPS) is 15.1. The smallest absolute Gasteiger partial charge is 0.462 e. The molecule has 0 heterocycles. The summed E-state index contributed by atoms with van der Waals surface area (Å²) in [6.45, 7) is 9.37. The second kappa shape index (κ2) is 53.8. The summed E-state index contributed by atoms with van der Waals surface area (Å²) in [4.78, 5) is 72.0. The molecule has 0 saturated carbocycles. The van der Waals surface area contributed by atoms with Gasteiger partial charge in [-0.2, -0.15) is 0 Å². The van der Waals surface area contributed by atoms with Crippen LogP contribution in [0.5, 0.6) is 0 Å². The number of carbonyl (C=O) groups excluding carboxylic acids is 4. The molecule has 0 spiro atoms. The summed E-state index contributed by atoms with van der Waals surface area (Å²) in [5.74, 6) is -0.655. The summed E-state index contributed by atoms with van der Waals surface area (Å²) in [7, 11) is -9.88. The van der Waals surface area contributed by atoms with Crippen LogP contribution in [-0.4, -0.2) is 96.7 Å². The summed E-state index contributed by atoms with van der Waals surface area (Å²) in [6, 6.07) is 0. The van der Waals surface area contributed by atoms with Crippen molar-refractivity contribution in [2.75, 3.05) is 39.6 Å². The Morgan fingerprint density at radius 1 is 0.350 bits per heavy atom. The van der Waals surface area contributed by atoms with Crippen LogP contribution in [0.15, 0.2) is 0 Å². The molecule has 0 aromatic rings. The molecule has 0 bridgehead atoms. The van der Waals surface area contributed by atoms with Gasteiger partial charge < -0.3 is 33.8 Å². The van der Waals surface area contributed by atoms with Crippen LogP contribution in [0.4, 0.5) is 0 Å². The molecule has 0 rings (SSSR count). The number of aliphatic hydroxyl groups excluding tert-OH is 1. The van der Waals surface area contributed by atoms with E-state index < -0.39 is 97.5 Å². The topological polar surface area (TPSA) is 237 Å². The third-order valence-corrected chi connectivity index (χ3v) is 16.6. The van der Waals surface area contributed by atoms with Gasteiger partial charge in [0.25, 0.3) is 0 Å². The predicted molar refractivity (Wildman–Crippen MR) is 317 cm³/mol. The molecule has 17 nitrogen and oxygen atoms in total. The summed E-state index contributed by atoms with van der Waals surface area (Å²) in [5.41, 5.74) is 0. The maximum Gasteiger partial charge on any atom is 0.472 e. The van der Waals surface area contributed by atoms with Gasteiger partial charge >= 0.3 is 39.5 Å². The molecule has 0 aromatic carbocycles. The second-order valence-electron chi connectivity index (χ2n) is 22.6. The lowest BCUT2D eigenvalue weighted by Gasteiger charge is -2.21. The maximum absolute atomic E-state index is 12.9. The van der Waals surface area contributed by atoms with E-state index in [1.165, 1.54) is 103 Å². The van der Waals surface area contributed by atoms with Crippen LogP contribution in [0.25, 0.3) is 0 Å². The van der Waals surface area contributed by atoms with Crippen LogP contribution < -0.4 is 0 Å². The van der Waals surface area contributed by atoms with Gasteiger partial charge in [0.15, 0.2) is 12.2 Å². The number of phosphoric ester groups is 2. The highest BCUT2D eigenvalue weighted by Gasteiger charge is 2.30. The monoisotopic (exact) mass is 1180 g/mol. The maximum atomic E-state index is 12.9. The van der Waals surface area contributed by atoms with Gasteiger partial charge in [0.2, 0.25) is 0 Å². The summed E-state index contributed by atoms with van der Waals surface area (Å²) < 4.78 is 67.8. The van der Waals surface area contributed by atoms with Gasteiger partial charge in [-0.3, -0.25) is 37.3 Å². The van der Waals surface area contributed by atoms with E-state index in [2.05, 4.69) is 41.5 Å². The molecule has 0 aliphatic rings. The molecule has 474 valence electrons. The molecule has 0 fully saturated rings. The zero-order valence-corrected chi connectivity index (χ0v) is 53.2. The van der Waals surface area contributed by atoms with E-state index in [0.29, 0.717) is 25.7 Å². The molecule has 0 aliphatic carbocycles. The molecule has 80 heavy (non-hydrogen) atoms. The van der Waals surface area contributed by atoms with Crippen LogP contribution in [0.2, 0.25) is 0 Å². The van der Waals surface area contributed by atoms with Crippen molar-refractivity contribution in [3.8, 4) is 0 Å². The number of esters is 4. The van der Waals surface area contributed by atoms with Crippen molar-refractivity contribution in [3.63, 3.8) is 0 Å². The van der Waals surface area contributed by atoms with Crippen LogP contribution in [-0.2, 0) is 65.4 Å². The molecule has 19 heteroatoms. The lowest BCUT2D eigenvalue weighted by molar-refractivity contribution is -0.161. The number of hydrogen-bond donors (Lipinski definition) is 3. The highest BCUT2D eigenvalue weighted by Crippen LogP contribution is 2.45. The fourth-order valence-corrected chi connectivity index (χ4v) is 10.5. The van der Waals surface area contributed by atoms with Crippen LogP contribution in [0, 0.1) is 11.8 Å². The average Bonchev–Trinajstić information content (AvgIpc) is 3.43.